The van der Waals surface area contributed by atoms with Gasteiger partial charge in [-0.05, 0) is 109 Å². The average molecular weight is 558 g/mol. The van der Waals surface area contributed by atoms with Gasteiger partial charge in [0, 0.05) is 19.5 Å². The Kier molecular flexibility index (Phi) is 6.23. The fraction of sp³-hybridized carbons (Fsp3) is 0.900. The Bertz CT molecular complexity index is 891. The van der Waals surface area contributed by atoms with Crippen LogP contribution in [0.25, 0.3) is 0 Å². The fourth-order valence-electron chi connectivity index (χ4n) is 10.6. The van der Waals surface area contributed by atoms with E-state index in [0.717, 1.165) is 51.4 Å². The quantitative estimate of drug-likeness (QED) is 0.264. The molecule has 194 valence electrons. The van der Waals surface area contributed by atoms with E-state index in [0.29, 0.717) is 11.8 Å². The van der Waals surface area contributed by atoms with Crippen LogP contribution in [0.1, 0.15) is 113 Å². The normalized spacial score (nSPS) is 50.9. The minimum atomic E-state index is -0.553. The van der Waals surface area contributed by atoms with Gasteiger partial charge < -0.3 is 10.2 Å². The second kappa shape index (κ2) is 7.90. The number of carboxylic acid groups (broad SMARTS) is 1. The number of hydrogen-bond acceptors (Lipinski definition) is 2. The molecule has 4 heteroatoms. The Morgan fingerprint density at radius 2 is 1.53 bits per heavy atom. The molecule has 0 aromatic heterocycles. The van der Waals surface area contributed by atoms with Gasteiger partial charge in [-0.1, -0.05) is 60.1 Å². The molecule has 0 saturated heterocycles. The second-order valence-electron chi connectivity index (χ2n) is 15.1. The van der Waals surface area contributed by atoms with Crippen LogP contribution in [-0.2, 0) is 24.3 Å². The van der Waals surface area contributed by atoms with Crippen molar-refractivity contribution in [2.45, 2.75) is 119 Å². The maximum absolute atomic E-state index is 12.8. The van der Waals surface area contributed by atoms with Crippen molar-refractivity contribution in [3.8, 4) is 0 Å². The third kappa shape index (κ3) is 3.22. The summed E-state index contributed by atoms with van der Waals surface area (Å²) in [5, 5.41) is 21.4. The summed E-state index contributed by atoms with van der Waals surface area (Å²) in [6, 6.07) is 0. The van der Waals surface area contributed by atoms with Crippen molar-refractivity contribution in [2.75, 3.05) is 0 Å². The first-order chi connectivity index (χ1) is 15.1. The number of rotatable bonds is 1. The zero-order chi connectivity index (χ0) is 24.2. The predicted octanol–water partition coefficient (Wildman–Crippen LogP) is 7.23. The van der Waals surface area contributed by atoms with E-state index in [1.807, 2.05) is 0 Å². The van der Waals surface area contributed by atoms with Crippen LogP contribution in [0.15, 0.2) is 11.6 Å². The smallest absolute Gasteiger partial charge is 0.310 e. The van der Waals surface area contributed by atoms with Gasteiger partial charge in [-0.25, -0.2) is 0 Å². The van der Waals surface area contributed by atoms with Crippen molar-refractivity contribution in [3.05, 3.63) is 11.6 Å². The van der Waals surface area contributed by atoms with Crippen LogP contribution in [-0.4, -0.2) is 22.3 Å². The van der Waals surface area contributed by atoms with Gasteiger partial charge in [0.05, 0.1) is 11.5 Å². The molecule has 0 bridgehead atoms. The fourth-order valence-corrected chi connectivity index (χ4v) is 10.6. The van der Waals surface area contributed by atoms with Crippen LogP contribution in [0, 0.1) is 50.2 Å². The Morgan fingerprint density at radius 3 is 2.18 bits per heavy atom. The molecule has 2 N–H and O–H groups in total. The molecule has 0 amide bonds. The molecule has 0 aliphatic heterocycles. The van der Waals surface area contributed by atoms with E-state index in [2.05, 4.69) is 54.5 Å². The number of aliphatic hydroxyl groups is 1. The van der Waals surface area contributed by atoms with Gasteiger partial charge in [0.1, 0.15) is 0 Å². The number of hydrogen-bond donors (Lipinski definition) is 2. The Hall–Kier alpha value is -0.207. The van der Waals surface area contributed by atoms with E-state index in [-0.39, 0.29) is 58.6 Å². The zero-order valence-corrected chi connectivity index (χ0v) is 24.4. The largest absolute Gasteiger partial charge is 0.481 e. The topological polar surface area (TPSA) is 57.5 Å². The molecule has 0 aromatic carbocycles. The molecule has 4 saturated carbocycles. The minimum absolute atomic E-state index is 0. The maximum Gasteiger partial charge on any atom is 0.310 e. The van der Waals surface area contributed by atoms with Crippen LogP contribution in [0.2, 0.25) is 0 Å². The van der Waals surface area contributed by atoms with Crippen LogP contribution in [0.5, 0.6) is 0 Å². The summed E-state index contributed by atoms with van der Waals surface area (Å²) in [7, 11) is 0. The van der Waals surface area contributed by atoms with Crippen molar-refractivity contribution in [3.63, 3.8) is 0 Å². The number of allylic oxidation sites excluding steroid dienone is 2. The Morgan fingerprint density at radius 1 is 0.882 bits per heavy atom. The standard InChI is InChI=1S/C30H48O3.Ru/c1-25(2)14-16-30(24(32)33)17-15-28(6)19(20(30)18-25)8-9-22-27(5)12-11-23(31)26(3,4)21(27)10-13-29(22,28)7;/h8,20-23,31H,9-18H2,1-7H3,(H,32,33);/t20-,21-,22+,23-,27-,28+,29+,30-;/m0./s1. The minimum Gasteiger partial charge on any atom is -0.481 e. The van der Waals surface area contributed by atoms with Crippen molar-refractivity contribution >= 4 is 5.97 Å². The van der Waals surface area contributed by atoms with Crippen molar-refractivity contribution < 1.29 is 34.5 Å². The molecule has 34 heavy (non-hydrogen) atoms. The van der Waals surface area contributed by atoms with Crippen molar-refractivity contribution in [1.29, 1.82) is 0 Å². The van der Waals surface area contributed by atoms with Crippen molar-refractivity contribution in [2.24, 2.45) is 50.2 Å². The molecule has 0 heterocycles. The molecule has 0 radical (unpaired) electrons. The van der Waals surface area contributed by atoms with Gasteiger partial charge in [0.15, 0.2) is 0 Å². The maximum atomic E-state index is 12.8. The first kappa shape index (κ1) is 26.8. The summed E-state index contributed by atoms with van der Waals surface area (Å²) >= 11 is 0. The summed E-state index contributed by atoms with van der Waals surface area (Å²) in [4.78, 5) is 12.8. The summed E-state index contributed by atoms with van der Waals surface area (Å²) in [6.07, 6.45) is 12.6. The van der Waals surface area contributed by atoms with Gasteiger partial charge >= 0.3 is 5.97 Å². The number of carboxylic acids is 1. The van der Waals surface area contributed by atoms with E-state index in [9.17, 15) is 15.0 Å². The van der Waals surface area contributed by atoms with E-state index in [1.165, 1.54) is 18.4 Å². The third-order valence-corrected chi connectivity index (χ3v) is 13.0. The molecule has 8 atom stereocenters. The molecular formula is C30H48O3Ru. The van der Waals surface area contributed by atoms with Gasteiger partial charge in [-0.15, -0.1) is 0 Å². The summed E-state index contributed by atoms with van der Waals surface area (Å²) < 4.78 is 0. The van der Waals surface area contributed by atoms with Gasteiger partial charge in [0.25, 0.3) is 0 Å². The third-order valence-electron chi connectivity index (χ3n) is 13.0. The molecule has 4 fully saturated rings. The number of carbonyl (C=O) groups is 1. The van der Waals surface area contributed by atoms with Crippen LogP contribution < -0.4 is 0 Å². The van der Waals surface area contributed by atoms with E-state index < -0.39 is 11.4 Å². The molecule has 0 aromatic rings. The Labute approximate surface area is 220 Å². The van der Waals surface area contributed by atoms with Crippen LogP contribution in [0.3, 0.4) is 0 Å². The first-order valence-corrected chi connectivity index (χ1v) is 13.8. The van der Waals surface area contributed by atoms with E-state index >= 15 is 0 Å². The van der Waals surface area contributed by atoms with Crippen LogP contribution in [0.4, 0.5) is 0 Å². The van der Waals surface area contributed by atoms with Crippen LogP contribution >= 0.6 is 0 Å². The number of aliphatic hydroxyl groups excluding tert-OH is 1. The average Bonchev–Trinajstić information content (AvgIpc) is 2.71. The number of aliphatic carboxylic acids is 1. The van der Waals surface area contributed by atoms with E-state index in [1.54, 1.807) is 0 Å². The second-order valence-corrected chi connectivity index (χ2v) is 15.1. The molecule has 0 spiro atoms. The zero-order valence-electron chi connectivity index (χ0n) is 22.6. The summed E-state index contributed by atoms with van der Waals surface area (Å²) in [5.74, 6) is 0.807. The van der Waals surface area contributed by atoms with Gasteiger partial charge in [-0.3, -0.25) is 4.79 Å². The summed E-state index contributed by atoms with van der Waals surface area (Å²) in [6.45, 7) is 16.9. The molecule has 5 aliphatic rings. The summed E-state index contributed by atoms with van der Waals surface area (Å²) in [5.41, 5.74) is 1.68. The SMILES string of the molecule is CC1(C)CC[C@]2(C(=O)O)CC[C@]3(C)C(=CC[C@@H]4[C@@]5(C)CC[C@H](O)C(C)(C)[C@@H]5CC[C@]43C)[C@@H]2C1.[Ru]. The molecule has 5 aliphatic carbocycles. The Balaban J connectivity index is 0.00000274. The predicted molar refractivity (Wildman–Crippen MR) is 133 cm³/mol. The first-order valence-electron chi connectivity index (χ1n) is 13.8. The molecule has 3 nitrogen and oxygen atoms in total. The molecule has 5 rings (SSSR count). The monoisotopic (exact) mass is 558 g/mol. The van der Waals surface area contributed by atoms with E-state index in [4.69, 9.17) is 0 Å². The molecular weight excluding hydrogens is 509 g/mol. The number of fused-ring (bicyclic) bond motifs is 7. The van der Waals surface area contributed by atoms with Gasteiger partial charge in [-0.2, -0.15) is 0 Å². The van der Waals surface area contributed by atoms with Crippen molar-refractivity contribution in [1.82, 2.24) is 0 Å². The molecule has 0 unspecified atom stereocenters. The van der Waals surface area contributed by atoms with Gasteiger partial charge in [0.2, 0.25) is 0 Å².